The summed E-state index contributed by atoms with van der Waals surface area (Å²) in [6.07, 6.45) is 0. The Morgan fingerprint density at radius 2 is 1.00 bits per heavy atom. The summed E-state index contributed by atoms with van der Waals surface area (Å²) in [5.74, 6) is 0.697. The highest BCUT2D eigenvalue weighted by atomic mass is 16.5. The van der Waals surface area contributed by atoms with Crippen molar-refractivity contribution in [3.63, 3.8) is 0 Å². The molecule has 6 nitrogen and oxygen atoms in total. The summed E-state index contributed by atoms with van der Waals surface area (Å²) >= 11 is 0. The molecular weight excluding hydrogens is 534 g/mol. The molecule has 208 valence electrons. The van der Waals surface area contributed by atoms with Gasteiger partial charge in [-0.3, -0.25) is 0 Å². The SMILES string of the molecule is C=C(C)C(=O)Oc1ccc(-c2nc(-c3ccc(-c4ccccc4)cc3)nc(-c3ccc(-c4ccccc4)cc3)n2)c(O)c1. The van der Waals surface area contributed by atoms with Crippen LogP contribution in [-0.2, 0) is 4.79 Å². The van der Waals surface area contributed by atoms with E-state index in [0.717, 1.165) is 33.4 Å². The molecule has 0 atom stereocenters. The number of phenols is 1. The van der Waals surface area contributed by atoms with Gasteiger partial charge in [0.1, 0.15) is 11.5 Å². The molecule has 0 radical (unpaired) electrons. The number of benzene rings is 5. The minimum absolute atomic E-state index is 0.131. The van der Waals surface area contributed by atoms with Gasteiger partial charge in [0.05, 0.1) is 5.56 Å². The van der Waals surface area contributed by atoms with E-state index in [4.69, 9.17) is 19.7 Å². The molecule has 6 heteroatoms. The highest BCUT2D eigenvalue weighted by molar-refractivity contribution is 5.89. The standard InChI is InChI=1S/C37H27N3O3/c1-24(2)37(42)43-31-21-22-32(33(41)23-31)36-39-34(29-17-13-27(14-18-29)25-9-5-3-6-10-25)38-35(40-36)30-19-15-28(16-20-30)26-11-7-4-8-12-26/h3-23,41H,1H2,2H3. The summed E-state index contributed by atoms with van der Waals surface area (Å²) in [7, 11) is 0. The lowest BCUT2D eigenvalue weighted by atomic mass is 10.0. The van der Waals surface area contributed by atoms with E-state index in [1.54, 1.807) is 19.1 Å². The Bertz CT molecular complexity index is 1820. The summed E-state index contributed by atoms with van der Waals surface area (Å²) in [6.45, 7) is 5.16. The van der Waals surface area contributed by atoms with Crippen LogP contribution >= 0.6 is 0 Å². The first-order valence-corrected chi connectivity index (χ1v) is 13.7. The first-order chi connectivity index (χ1) is 20.9. The number of aromatic hydroxyl groups is 1. The van der Waals surface area contributed by atoms with Gasteiger partial charge in [0.25, 0.3) is 0 Å². The van der Waals surface area contributed by atoms with Gasteiger partial charge < -0.3 is 9.84 Å². The largest absolute Gasteiger partial charge is 0.507 e. The lowest BCUT2D eigenvalue weighted by molar-refractivity contribution is -0.130. The fourth-order valence-electron chi connectivity index (χ4n) is 4.60. The molecule has 43 heavy (non-hydrogen) atoms. The highest BCUT2D eigenvalue weighted by Crippen LogP contribution is 2.34. The second kappa shape index (κ2) is 11.9. The molecule has 0 amide bonds. The first-order valence-electron chi connectivity index (χ1n) is 13.7. The van der Waals surface area contributed by atoms with E-state index in [-0.39, 0.29) is 22.9 Å². The van der Waals surface area contributed by atoms with Crippen molar-refractivity contribution in [2.75, 3.05) is 0 Å². The molecule has 0 unspecified atom stereocenters. The number of carbonyl (C=O) groups excluding carboxylic acids is 1. The van der Waals surface area contributed by atoms with E-state index in [1.807, 2.05) is 84.9 Å². The van der Waals surface area contributed by atoms with Crippen LogP contribution in [0, 0.1) is 0 Å². The summed E-state index contributed by atoms with van der Waals surface area (Å²) in [4.78, 5) is 26.3. The van der Waals surface area contributed by atoms with Crippen molar-refractivity contribution in [2.24, 2.45) is 0 Å². The lowest BCUT2D eigenvalue weighted by Gasteiger charge is -2.11. The fraction of sp³-hybridized carbons (Fsp3) is 0.0270. The van der Waals surface area contributed by atoms with Gasteiger partial charge >= 0.3 is 5.97 Å². The van der Waals surface area contributed by atoms with Crippen molar-refractivity contribution in [1.82, 2.24) is 15.0 Å². The van der Waals surface area contributed by atoms with Crippen LogP contribution in [0.4, 0.5) is 0 Å². The molecule has 0 aliphatic heterocycles. The number of nitrogens with zero attached hydrogens (tertiary/aromatic N) is 3. The van der Waals surface area contributed by atoms with E-state index in [9.17, 15) is 9.90 Å². The topological polar surface area (TPSA) is 85.2 Å². The van der Waals surface area contributed by atoms with E-state index >= 15 is 0 Å². The number of rotatable bonds is 7. The lowest BCUT2D eigenvalue weighted by Crippen LogP contribution is -2.08. The smallest absolute Gasteiger partial charge is 0.338 e. The highest BCUT2D eigenvalue weighted by Gasteiger charge is 2.17. The van der Waals surface area contributed by atoms with Crippen molar-refractivity contribution in [1.29, 1.82) is 0 Å². The Balaban J connectivity index is 1.41. The Morgan fingerprint density at radius 1 is 0.581 bits per heavy atom. The average Bonchev–Trinajstić information content (AvgIpc) is 3.05. The third-order valence-electron chi connectivity index (χ3n) is 6.90. The molecule has 1 heterocycles. The maximum Gasteiger partial charge on any atom is 0.338 e. The second-order valence-corrected chi connectivity index (χ2v) is 10.0. The third kappa shape index (κ3) is 6.09. The predicted octanol–water partition coefficient (Wildman–Crippen LogP) is 8.39. The van der Waals surface area contributed by atoms with Crippen LogP contribution in [0.5, 0.6) is 11.5 Å². The predicted molar refractivity (Wildman–Crippen MR) is 169 cm³/mol. The van der Waals surface area contributed by atoms with E-state index in [1.165, 1.54) is 6.07 Å². The quantitative estimate of drug-likeness (QED) is 0.120. The van der Waals surface area contributed by atoms with Crippen molar-refractivity contribution < 1.29 is 14.6 Å². The van der Waals surface area contributed by atoms with Crippen LogP contribution in [0.2, 0.25) is 0 Å². The van der Waals surface area contributed by atoms with Gasteiger partial charge in [-0.25, -0.2) is 19.7 Å². The van der Waals surface area contributed by atoms with Gasteiger partial charge in [0, 0.05) is 22.8 Å². The van der Waals surface area contributed by atoms with Gasteiger partial charge in [0.2, 0.25) is 0 Å². The van der Waals surface area contributed by atoms with Crippen LogP contribution in [0.25, 0.3) is 56.4 Å². The van der Waals surface area contributed by atoms with E-state index in [0.29, 0.717) is 17.2 Å². The van der Waals surface area contributed by atoms with Crippen LogP contribution in [0.15, 0.2) is 140 Å². The molecule has 1 N–H and O–H groups in total. The normalized spacial score (nSPS) is 10.7. The number of ether oxygens (including phenoxy) is 1. The molecule has 5 aromatic carbocycles. The Labute approximate surface area is 249 Å². The van der Waals surface area contributed by atoms with Crippen molar-refractivity contribution in [3.8, 4) is 67.9 Å². The molecule has 1 aromatic heterocycles. The van der Waals surface area contributed by atoms with Crippen LogP contribution in [0.1, 0.15) is 6.92 Å². The Morgan fingerprint density at radius 3 is 1.44 bits per heavy atom. The number of carbonyl (C=O) groups is 1. The van der Waals surface area contributed by atoms with Crippen molar-refractivity contribution >= 4 is 5.97 Å². The van der Waals surface area contributed by atoms with E-state index < -0.39 is 5.97 Å². The van der Waals surface area contributed by atoms with Crippen molar-refractivity contribution in [2.45, 2.75) is 6.92 Å². The molecule has 6 rings (SSSR count). The van der Waals surface area contributed by atoms with Gasteiger partial charge in [0.15, 0.2) is 17.5 Å². The summed E-state index contributed by atoms with van der Waals surface area (Å²) in [5.41, 5.74) is 6.62. The second-order valence-electron chi connectivity index (χ2n) is 10.0. The first kappa shape index (κ1) is 27.3. The molecule has 6 aromatic rings. The monoisotopic (exact) mass is 561 g/mol. The minimum atomic E-state index is -0.574. The fourth-order valence-corrected chi connectivity index (χ4v) is 4.60. The maximum atomic E-state index is 12.0. The Hall–Kier alpha value is -5.88. The molecule has 0 aliphatic carbocycles. The third-order valence-corrected chi connectivity index (χ3v) is 6.90. The van der Waals surface area contributed by atoms with Crippen LogP contribution in [0.3, 0.4) is 0 Å². The number of esters is 1. The number of phenolic OH excluding ortho intramolecular Hbond substituents is 1. The number of aromatic nitrogens is 3. The van der Waals surface area contributed by atoms with Crippen LogP contribution < -0.4 is 4.74 Å². The molecule has 0 fully saturated rings. The van der Waals surface area contributed by atoms with Gasteiger partial charge in [-0.1, -0.05) is 116 Å². The van der Waals surface area contributed by atoms with Gasteiger partial charge in [-0.05, 0) is 41.3 Å². The molecule has 0 spiro atoms. The molecular formula is C37H27N3O3. The molecule has 0 aliphatic rings. The Kier molecular flexibility index (Phi) is 7.57. The number of hydrogen-bond acceptors (Lipinski definition) is 6. The maximum absolute atomic E-state index is 12.0. The van der Waals surface area contributed by atoms with Crippen LogP contribution in [-0.4, -0.2) is 26.0 Å². The molecule has 0 saturated carbocycles. The molecule has 0 bridgehead atoms. The molecule has 0 saturated heterocycles. The zero-order chi connectivity index (χ0) is 29.8. The average molecular weight is 562 g/mol. The summed E-state index contributed by atoms with van der Waals surface area (Å²) in [5, 5.41) is 10.9. The summed E-state index contributed by atoms with van der Waals surface area (Å²) < 4.78 is 5.28. The van der Waals surface area contributed by atoms with E-state index in [2.05, 4.69) is 30.8 Å². The zero-order valence-electron chi connectivity index (χ0n) is 23.4. The van der Waals surface area contributed by atoms with Gasteiger partial charge in [-0.15, -0.1) is 0 Å². The zero-order valence-corrected chi connectivity index (χ0v) is 23.4. The summed E-state index contributed by atoms with van der Waals surface area (Å²) in [6, 6.07) is 40.9. The number of hydrogen-bond donors (Lipinski definition) is 1. The van der Waals surface area contributed by atoms with Crippen molar-refractivity contribution in [3.05, 3.63) is 140 Å². The van der Waals surface area contributed by atoms with Gasteiger partial charge in [-0.2, -0.15) is 0 Å². The minimum Gasteiger partial charge on any atom is -0.507 e.